The number of halogens is 1. The summed E-state index contributed by atoms with van der Waals surface area (Å²) in [6, 6.07) is 13.2. The van der Waals surface area contributed by atoms with Crippen molar-refractivity contribution in [2.24, 2.45) is 0 Å². The lowest BCUT2D eigenvalue weighted by molar-refractivity contribution is 1.28. The standard InChI is InChI=1S/C12H7BrN2/c1-14-10-7-5-9(6-8-10)11-3-2-4-12(13)15-11/h2-8H. The lowest BCUT2D eigenvalue weighted by Gasteiger charge is -2.00. The molecule has 2 rings (SSSR count). The second kappa shape index (κ2) is 4.24. The molecule has 0 aliphatic heterocycles. The van der Waals surface area contributed by atoms with Gasteiger partial charge in [-0.15, -0.1) is 0 Å². The van der Waals surface area contributed by atoms with Crippen LogP contribution in [0.5, 0.6) is 0 Å². The predicted molar refractivity (Wildman–Crippen MR) is 63.6 cm³/mol. The molecule has 2 aromatic rings. The maximum absolute atomic E-state index is 6.85. The zero-order valence-corrected chi connectivity index (χ0v) is 9.40. The summed E-state index contributed by atoms with van der Waals surface area (Å²) in [7, 11) is 0. The molecule has 0 bridgehead atoms. The first kappa shape index (κ1) is 9.88. The van der Waals surface area contributed by atoms with E-state index in [4.69, 9.17) is 6.57 Å². The minimum atomic E-state index is 0.647. The zero-order valence-electron chi connectivity index (χ0n) is 7.81. The molecule has 0 saturated heterocycles. The molecule has 15 heavy (non-hydrogen) atoms. The number of hydrogen-bond acceptors (Lipinski definition) is 1. The van der Waals surface area contributed by atoms with Gasteiger partial charge in [0, 0.05) is 0 Å². The first-order valence-electron chi connectivity index (χ1n) is 4.40. The third-order valence-corrected chi connectivity index (χ3v) is 2.45. The fourth-order valence-electron chi connectivity index (χ4n) is 1.28. The van der Waals surface area contributed by atoms with Gasteiger partial charge in [0.25, 0.3) is 0 Å². The maximum Gasteiger partial charge on any atom is 0.187 e. The minimum absolute atomic E-state index is 0.647. The van der Waals surface area contributed by atoms with E-state index in [1.807, 2.05) is 30.3 Å². The van der Waals surface area contributed by atoms with Crippen LogP contribution < -0.4 is 0 Å². The molecule has 72 valence electrons. The van der Waals surface area contributed by atoms with Gasteiger partial charge in [-0.3, -0.25) is 0 Å². The van der Waals surface area contributed by atoms with Crippen LogP contribution in [0.25, 0.3) is 16.1 Å². The molecule has 0 aliphatic carbocycles. The SMILES string of the molecule is [C-]#[N+]c1ccc(-c2cccc(Br)n2)cc1. The van der Waals surface area contributed by atoms with E-state index in [1.54, 1.807) is 12.1 Å². The van der Waals surface area contributed by atoms with Crippen LogP contribution in [-0.2, 0) is 0 Å². The van der Waals surface area contributed by atoms with Gasteiger partial charge in [0.15, 0.2) is 5.69 Å². The Hall–Kier alpha value is -1.66. The summed E-state index contributed by atoms with van der Waals surface area (Å²) in [6.45, 7) is 6.85. The Bertz CT molecular complexity index is 512. The van der Waals surface area contributed by atoms with E-state index in [9.17, 15) is 0 Å². The molecule has 1 aromatic heterocycles. The fraction of sp³-hybridized carbons (Fsp3) is 0. The Morgan fingerprint density at radius 2 is 1.80 bits per heavy atom. The third-order valence-electron chi connectivity index (χ3n) is 2.01. The number of aromatic nitrogens is 1. The van der Waals surface area contributed by atoms with Crippen molar-refractivity contribution < 1.29 is 0 Å². The molecule has 0 N–H and O–H groups in total. The number of benzene rings is 1. The second-order valence-corrected chi connectivity index (χ2v) is 3.82. The van der Waals surface area contributed by atoms with Crippen LogP contribution in [0.4, 0.5) is 5.69 Å². The van der Waals surface area contributed by atoms with Crippen LogP contribution in [0.1, 0.15) is 0 Å². The van der Waals surface area contributed by atoms with Crippen LogP contribution >= 0.6 is 15.9 Å². The van der Waals surface area contributed by atoms with Crippen molar-refractivity contribution in [2.45, 2.75) is 0 Å². The quantitative estimate of drug-likeness (QED) is 0.557. The summed E-state index contributed by atoms with van der Waals surface area (Å²) < 4.78 is 0.814. The maximum atomic E-state index is 6.85. The molecule has 0 radical (unpaired) electrons. The molecule has 0 fully saturated rings. The number of rotatable bonds is 1. The second-order valence-electron chi connectivity index (χ2n) is 3.00. The van der Waals surface area contributed by atoms with E-state index in [-0.39, 0.29) is 0 Å². The third kappa shape index (κ3) is 2.23. The van der Waals surface area contributed by atoms with Crippen LogP contribution in [0.3, 0.4) is 0 Å². The zero-order chi connectivity index (χ0) is 10.7. The van der Waals surface area contributed by atoms with E-state index in [2.05, 4.69) is 25.8 Å². The van der Waals surface area contributed by atoms with Crippen molar-refractivity contribution >= 4 is 21.6 Å². The molecule has 0 atom stereocenters. The first-order valence-corrected chi connectivity index (χ1v) is 5.19. The molecule has 0 spiro atoms. The first-order chi connectivity index (χ1) is 7.29. The van der Waals surface area contributed by atoms with Crippen molar-refractivity contribution in [3.8, 4) is 11.3 Å². The monoisotopic (exact) mass is 258 g/mol. The molecule has 3 heteroatoms. The van der Waals surface area contributed by atoms with Gasteiger partial charge in [0.05, 0.1) is 12.3 Å². The van der Waals surface area contributed by atoms with Crippen molar-refractivity contribution in [2.75, 3.05) is 0 Å². The van der Waals surface area contributed by atoms with Gasteiger partial charge < -0.3 is 0 Å². The van der Waals surface area contributed by atoms with Crippen LogP contribution in [0.2, 0.25) is 0 Å². The highest BCUT2D eigenvalue weighted by atomic mass is 79.9. The molecule has 0 aliphatic rings. The smallest absolute Gasteiger partial charge is 0.187 e. The van der Waals surface area contributed by atoms with Gasteiger partial charge in [0.1, 0.15) is 4.60 Å². The van der Waals surface area contributed by atoms with Gasteiger partial charge in [-0.05, 0) is 33.6 Å². The Kier molecular flexibility index (Phi) is 2.79. The molecule has 0 saturated carbocycles. The lowest BCUT2D eigenvalue weighted by atomic mass is 10.1. The highest BCUT2D eigenvalue weighted by Gasteiger charge is 1.99. The van der Waals surface area contributed by atoms with Crippen molar-refractivity contribution in [3.63, 3.8) is 0 Å². The number of pyridine rings is 1. The van der Waals surface area contributed by atoms with Gasteiger partial charge >= 0.3 is 0 Å². The molecular formula is C12H7BrN2. The van der Waals surface area contributed by atoms with Gasteiger partial charge in [-0.25, -0.2) is 9.83 Å². The van der Waals surface area contributed by atoms with Gasteiger partial charge in [-0.2, -0.15) is 0 Å². The van der Waals surface area contributed by atoms with E-state index < -0.39 is 0 Å². The van der Waals surface area contributed by atoms with Crippen LogP contribution in [-0.4, -0.2) is 4.98 Å². The topological polar surface area (TPSA) is 17.2 Å². The molecular weight excluding hydrogens is 252 g/mol. The Morgan fingerprint density at radius 1 is 1.07 bits per heavy atom. The molecule has 1 aromatic carbocycles. The fourth-order valence-corrected chi connectivity index (χ4v) is 1.62. The van der Waals surface area contributed by atoms with E-state index >= 15 is 0 Å². The summed E-state index contributed by atoms with van der Waals surface area (Å²) >= 11 is 3.33. The minimum Gasteiger partial charge on any atom is -0.241 e. The van der Waals surface area contributed by atoms with E-state index in [1.165, 1.54) is 0 Å². The number of hydrogen-bond donors (Lipinski definition) is 0. The lowest BCUT2D eigenvalue weighted by Crippen LogP contribution is -1.82. The normalized spacial score (nSPS) is 9.60. The average molecular weight is 259 g/mol. The van der Waals surface area contributed by atoms with Crippen molar-refractivity contribution in [1.29, 1.82) is 0 Å². The molecule has 1 heterocycles. The molecule has 2 nitrogen and oxygen atoms in total. The van der Waals surface area contributed by atoms with E-state index in [0.29, 0.717) is 5.69 Å². The highest BCUT2D eigenvalue weighted by Crippen LogP contribution is 2.22. The Balaban J connectivity index is 2.42. The highest BCUT2D eigenvalue weighted by molar-refractivity contribution is 9.10. The summed E-state index contributed by atoms with van der Waals surface area (Å²) in [5.41, 5.74) is 2.57. The summed E-state index contributed by atoms with van der Waals surface area (Å²) in [5.74, 6) is 0. The Labute approximate surface area is 96.5 Å². The van der Waals surface area contributed by atoms with Gasteiger partial charge in [-0.1, -0.05) is 30.3 Å². The summed E-state index contributed by atoms with van der Waals surface area (Å²) in [6.07, 6.45) is 0. The summed E-state index contributed by atoms with van der Waals surface area (Å²) in [4.78, 5) is 7.68. The van der Waals surface area contributed by atoms with Crippen LogP contribution in [0.15, 0.2) is 47.1 Å². The largest absolute Gasteiger partial charge is 0.241 e. The number of nitrogens with zero attached hydrogens (tertiary/aromatic N) is 2. The van der Waals surface area contributed by atoms with Gasteiger partial charge in [0.2, 0.25) is 0 Å². The molecule has 0 unspecified atom stereocenters. The summed E-state index contributed by atoms with van der Waals surface area (Å²) in [5, 5.41) is 0. The van der Waals surface area contributed by atoms with Crippen molar-refractivity contribution in [1.82, 2.24) is 4.98 Å². The Morgan fingerprint density at radius 3 is 2.40 bits per heavy atom. The van der Waals surface area contributed by atoms with Crippen LogP contribution in [0, 0.1) is 6.57 Å². The van der Waals surface area contributed by atoms with E-state index in [0.717, 1.165) is 15.9 Å². The van der Waals surface area contributed by atoms with Crippen molar-refractivity contribution in [3.05, 3.63) is 58.5 Å². The molecule has 0 amide bonds. The predicted octanol–water partition coefficient (Wildman–Crippen LogP) is 4.06. The average Bonchev–Trinajstić information content (AvgIpc) is 2.29.